The van der Waals surface area contributed by atoms with Crippen molar-refractivity contribution >= 4 is 16.1 Å². The quantitative estimate of drug-likeness (QED) is 0.847. The summed E-state index contributed by atoms with van der Waals surface area (Å²) in [5.41, 5.74) is 0.917. The lowest BCUT2D eigenvalue weighted by molar-refractivity contribution is 0.152. The molecule has 0 aliphatic carbocycles. The third-order valence-electron chi connectivity index (χ3n) is 4.36. The van der Waals surface area contributed by atoms with Gasteiger partial charge in [-0.3, -0.25) is 4.98 Å². The van der Waals surface area contributed by atoms with Gasteiger partial charge in [0.05, 0.1) is 4.90 Å². The minimum atomic E-state index is -3.69. The van der Waals surface area contributed by atoms with Crippen LogP contribution < -0.4 is 4.74 Å². The molecule has 0 radical (unpaired) electrons. The van der Waals surface area contributed by atoms with E-state index in [1.807, 2.05) is 45.9 Å². The Bertz CT molecular complexity index is 967. The average molecular weight is 388 g/mol. The van der Waals surface area contributed by atoms with E-state index in [2.05, 4.69) is 4.98 Å². The SMILES string of the molecule is CC(C)N(Cc1cc(O)c2c(c1)C=CC(C)(C)O2)S(=O)(=O)c1ccncc1. The fourth-order valence-electron chi connectivity index (χ4n) is 2.98. The van der Waals surface area contributed by atoms with Crippen LogP contribution in [0.2, 0.25) is 0 Å². The first kappa shape index (κ1) is 19.4. The summed E-state index contributed by atoms with van der Waals surface area (Å²) in [6, 6.07) is 6.11. The number of phenols is 1. The number of fused-ring (bicyclic) bond motifs is 1. The van der Waals surface area contributed by atoms with E-state index in [-0.39, 0.29) is 23.2 Å². The maximum atomic E-state index is 13.0. The summed E-state index contributed by atoms with van der Waals surface area (Å²) >= 11 is 0. The summed E-state index contributed by atoms with van der Waals surface area (Å²) in [7, 11) is -3.69. The highest BCUT2D eigenvalue weighted by Gasteiger charge is 2.29. The Balaban J connectivity index is 1.96. The number of benzene rings is 1. The van der Waals surface area contributed by atoms with E-state index in [1.54, 1.807) is 6.07 Å². The number of ether oxygens (including phenoxy) is 1. The van der Waals surface area contributed by atoms with E-state index < -0.39 is 15.6 Å². The number of sulfonamides is 1. The molecule has 0 unspecified atom stereocenters. The molecule has 1 aromatic heterocycles. The summed E-state index contributed by atoms with van der Waals surface area (Å²) < 4.78 is 33.3. The smallest absolute Gasteiger partial charge is 0.243 e. The molecule has 0 spiro atoms. The Morgan fingerprint density at radius 3 is 2.52 bits per heavy atom. The van der Waals surface area contributed by atoms with Crippen LogP contribution in [0, 0.1) is 0 Å². The molecule has 1 aliphatic heterocycles. The highest BCUT2D eigenvalue weighted by molar-refractivity contribution is 7.89. The maximum Gasteiger partial charge on any atom is 0.243 e. The number of nitrogens with zero attached hydrogens (tertiary/aromatic N) is 2. The van der Waals surface area contributed by atoms with Gasteiger partial charge in [0.1, 0.15) is 5.60 Å². The molecule has 1 aliphatic rings. The monoisotopic (exact) mass is 388 g/mol. The van der Waals surface area contributed by atoms with Gasteiger partial charge < -0.3 is 9.84 Å². The standard InChI is InChI=1S/C20H24N2O4S/c1-14(2)22(27(24,25)17-6-9-21-10-7-17)13-15-11-16-5-8-20(3,4)26-19(16)18(23)12-15/h5-12,14,23H,13H2,1-4H3. The number of aromatic hydroxyl groups is 1. The zero-order valence-electron chi connectivity index (χ0n) is 15.9. The van der Waals surface area contributed by atoms with Gasteiger partial charge in [0.25, 0.3) is 0 Å². The zero-order valence-corrected chi connectivity index (χ0v) is 16.7. The van der Waals surface area contributed by atoms with Crippen LogP contribution in [0.3, 0.4) is 0 Å². The fraction of sp³-hybridized carbons (Fsp3) is 0.350. The predicted molar refractivity (Wildman–Crippen MR) is 104 cm³/mol. The number of pyridine rings is 1. The summed E-state index contributed by atoms with van der Waals surface area (Å²) in [6.45, 7) is 7.59. The van der Waals surface area contributed by atoms with Gasteiger partial charge in [0.15, 0.2) is 11.5 Å². The molecule has 0 amide bonds. The molecule has 0 fully saturated rings. The van der Waals surface area contributed by atoms with E-state index in [0.717, 1.165) is 5.56 Å². The molecule has 2 aromatic rings. The lowest BCUT2D eigenvalue weighted by Crippen LogP contribution is -2.36. The van der Waals surface area contributed by atoms with Crippen LogP contribution in [0.25, 0.3) is 6.08 Å². The molecule has 2 heterocycles. The van der Waals surface area contributed by atoms with Gasteiger partial charge in [-0.05, 0) is 63.6 Å². The van der Waals surface area contributed by atoms with Crippen molar-refractivity contribution in [1.82, 2.24) is 9.29 Å². The van der Waals surface area contributed by atoms with Crippen molar-refractivity contribution in [1.29, 1.82) is 0 Å². The first-order valence-electron chi connectivity index (χ1n) is 8.76. The van der Waals surface area contributed by atoms with Crippen molar-refractivity contribution in [3.8, 4) is 11.5 Å². The van der Waals surface area contributed by atoms with Gasteiger partial charge in [-0.25, -0.2) is 8.42 Å². The van der Waals surface area contributed by atoms with Crippen LogP contribution in [-0.4, -0.2) is 34.5 Å². The van der Waals surface area contributed by atoms with Crippen LogP contribution in [0.5, 0.6) is 11.5 Å². The molecule has 27 heavy (non-hydrogen) atoms. The maximum absolute atomic E-state index is 13.0. The van der Waals surface area contributed by atoms with Crippen molar-refractivity contribution in [3.63, 3.8) is 0 Å². The minimum absolute atomic E-state index is 0.00457. The van der Waals surface area contributed by atoms with E-state index in [9.17, 15) is 13.5 Å². The van der Waals surface area contributed by atoms with Crippen LogP contribution in [0.1, 0.15) is 38.8 Å². The third kappa shape index (κ3) is 3.99. The van der Waals surface area contributed by atoms with Crippen LogP contribution >= 0.6 is 0 Å². The van der Waals surface area contributed by atoms with Crippen molar-refractivity contribution in [2.45, 2.75) is 50.8 Å². The minimum Gasteiger partial charge on any atom is -0.504 e. The Morgan fingerprint density at radius 2 is 1.89 bits per heavy atom. The second kappa shape index (κ2) is 6.98. The molecule has 0 bridgehead atoms. The molecular weight excluding hydrogens is 364 g/mol. The number of aromatic nitrogens is 1. The van der Waals surface area contributed by atoms with Gasteiger partial charge >= 0.3 is 0 Å². The number of hydrogen-bond acceptors (Lipinski definition) is 5. The zero-order chi connectivity index (χ0) is 19.8. The Kier molecular flexibility index (Phi) is 5.01. The third-order valence-corrected chi connectivity index (χ3v) is 6.39. The van der Waals surface area contributed by atoms with Crippen molar-refractivity contribution in [2.24, 2.45) is 0 Å². The van der Waals surface area contributed by atoms with E-state index >= 15 is 0 Å². The first-order valence-corrected chi connectivity index (χ1v) is 10.2. The van der Waals surface area contributed by atoms with E-state index in [1.165, 1.54) is 28.8 Å². The number of hydrogen-bond donors (Lipinski definition) is 1. The summed E-state index contributed by atoms with van der Waals surface area (Å²) in [5, 5.41) is 10.4. The van der Waals surface area contributed by atoms with Gasteiger partial charge in [-0.1, -0.05) is 6.08 Å². The number of phenolic OH excluding ortho intramolecular Hbond substituents is 1. The summed E-state index contributed by atoms with van der Waals surface area (Å²) in [4.78, 5) is 4.07. The van der Waals surface area contributed by atoms with Crippen LogP contribution in [0.4, 0.5) is 0 Å². The molecule has 0 atom stereocenters. The Morgan fingerprint density at radius 1 is 1.22 bits per heavy atom. The van der Waals surface area contributed by atoms with E-state index in [4.69, 9.17) is 4.74 Å². The molecule has 0 saturated heterocycles. The molecule has 3 rings (SSSR count). The average Bonchev–Trinajstić information content (AvgIpc) is 2.60. The molecule has 144 valence electrons. The van der Waals surface area contributed by atoms with Gasteiger partial charge in [-0.15, -0.1) is 0 Å². The summed E-state index contributed by atoms with van der Waals surface area (Å²) in [5.74, 6) is 0.421. The second-order valence-electron chi connectivity index (χ2n) is 7.40. The molecule has 6 nitrogen and oxygen atoms in total. The van der Waals surface area contributed by atoms with E-state index in [0.29, 0.717) is 11.3 Å². The predicted octanol–water partition coefficient (Wildman–Crippen LogP) is 3.57. The largest absolute Gasteiger partial charge is 0.504 e. The van der Waals surface area contributed by atoms with Crippen LogP contribution in [0.15, 0.2) is 47.6 Å². The molecule has 1 N–H and O–H groups in total. The summed E-state index contributed by atoms with van der Waals surface area (Å²) in [6.07, 6.45) is 6.71. The second-order valence-corrected chi connectivity index (χ2v) is 9.29. The van der Waals surface area contributed by atoms with Gasteiger partial charge in [0.2, 0.25) is 10.0 Å². The molecular formula is C20H24N2O4S. The fourth-order valence-corrected chi connectivity index (χ4v) is 4.59. The van der Waals surface area contributed by atoms with Crippen molar-refractivity contribution in [3.05, 3.63) is 53.9 Å². The molecule has 1 aromatic carbocycles. The Hall–Kier alpha value is -2.38. The van der Waals surface area contributed by atoms with Crippen LogP contribution in [-0.2, 0) is 16.6 Å². The van der Waals surface area contributed by atoms with Gasteiger partial charge in [-0.2, -0.15) is 4.31 Å². The Labute approximate surface area is 160 Å². The van der Waals surface area contributed by atoms with Crippen molar-refractivity contribution in [2.75, 3.05) is 0 Å². The van der Waals surface area contributed by atoms with Gasteiger partial charge in [0, 0.05) is 30.5 Å². The lowest BCUT2D eigenvalue weighted by Gasteiger charge is -2.30. The normalized spacial score (nSPS) is 15.6. The molecule has 7 heteroatoms. The number of rotatable bonds is 5. The van der Waals surface area contributed by atoms with Crippen molar-refractivity contribution < 1.29 is 18.3 Å². The highest BCUT2D eigenvalue weighted by atomic mass is 32.2. The topological polar surface area (TPSA) is 79.7 Å². The highest BCUT2D eigenvalue weighted by Crippen LogP contribution is 2.39. The lowest BCUT2D eigenvalue weighted by atomic mass is 10.00. The molecule has 0 saturated carbocycles. The first-order chi connectivity index (χ1) is 12.6.